The molecule has 1 unspecified atom stereocenters. The first kappa shape index (κ1) is 14.6. The fourth-order valence-electron chi connectivity index (χ4n) is 1.28. The van der Waals surface area contributed by atoms with E-state index in [1.165, 1.54) is 0 Å². The van der Waals surface area contributed by atoms with Crippen molar-refractivity contribution >= 4 is 28.8 Å². The Labute approximate surface area is 113 Å². The van der Waals surface area contributed by atoms with E-state index in [-0.39, 0.29) is 18.6 Å². The van der Waals surface area contributed by atoms with E-state index in [1.807, 2.05) is 13.8 Å². The maximum atomic E-state index is 11.6. The van der Waals surface area contributed by atoms with Crippen LogP contribution in [0, 0.1) is 0 Å². The molecule has 0 saturated heterocycles. The quantitative estimate of drug-likeness (QED) is 0.774. The van der Waals surface area contributed by atoms with Crippen molar-refractivity contribution in [1.82, 2.24) is 0 Å². The molecule has 18 heavy (non-hydrogen) atoms. The predicted molar refractivity (Wildman–Crippen MR) is 76.7 cm³/mol. The number of carbonyl (C=O) groups is 1. The van der Waals surface area contributed by atoms with E-state index in [0.29, 0.717) is 10.7 Å². The van der Waals surface area contributed by atoms with Crippen molar-refractivity contribution in [3.8, 4) is 0 Å². The minimum atomic E-state index is -0.185. The molecule has 0 aromatic heterocycles. The molecule has 1 atom stereocenters. The fourth-order valence-corrected chi connectivity index (χ4v) is 1.41. The summed E-state index contributed by atoms with van der Waals surface area (Å²) in [7, 11) is 0. The average molecular weight is 266 g/mol. The lowest BCUT2D eigenvalue weighted by molar-refractivity contribution is -0.122. The van der Waals surface area contributed by atoms with Crippen LogP contribution in [0.3, 0.4) is 0 Å². The smallest absolute Gasteiger partial charge is 0.250 e. The molecule has 0 aliphatic rings. The van der Waals surface area contributed by atoms with Crippen LogP contribution in [0.2, 0.25) is 0 Å². The monoisotopic (exact) mass is 266 g/mol. The Morgan fingerprint density at radius 1 is 1.56 bits per heavy atom. The molecular formula is C13H18N2O2S. The van der Waals surface area contributed by atoms with Gasteiger partial charge >= 0.3 is 0 Å². The molecule has 5 heteroatoms. The number of anilines is 1. The molecule has 1 aromatic carbocycles. The summed E-state index contributed by atoms with van der Waals surface area (Å²) in [6.07, 6.45) is 0.961. The number of nitrogens with two attached hydrogens (primary N) is 1. The highest BCUT2D eigenvalue weighted by Crippen LogP contribution is 2.10. The fraction of sp³-hybridized carbons (Fsp3) is 0.385. The molecule has 1 rings (SSSR count). The van der Waals surface area contributed by atoms with E-state index in [0.717, 1.165) is 12.0 Å². The van der Waals surface area contributed by atoms with Crippen LogP contribution in [0.15, 0.2) is 24.3 Å². The van der Waals surface area contributed by atoms with Gasteiger partial charge in [-0.25, -0.2) is 0 Å². The van der Waals surface area contributed by atoms with E-state index in [2.05, 4.69) is 5.32 Å². The van der Waals surface area contributed by atoms with Gasteiger partial charge in [0.2, 0.25) is 5.91 Å². The van der Waals surface area contributed by atoms with Crippen molar-refractivity contribution in [2.45, 2.75) is 26.4 Å². The normalized spacial score (nSPS) is 11.9. The molecule has 3 N–H and O–H groups in total. The Kier molecular flexibility index (Phi) is 5.74. The van der Waals surface area contributed by atoms with Crippen LogP contribution in [0.5, 0.6) is 0 Å². The Balaban J connectivity index is 2.54. The van der Waals surface area contributed by atoms with Crippen molar-refractivity contribution in [3.63, 3.8) is 0 Å². The van der Waals surface area contributed by atoms with Crippen LogP contribution in [0.25, 0.3) is 0 Å². The van der Waals surface area contributed by atoms with Crippen LogP contribution in [0.1, 0.15) is 25.8 Å². The summed E-state index contributed by atoms with van der Waals surface area (Å²) in [6, 6.07) is 7.11. The van der Waals surface area contributed by atoms with Crippen molar-refractivity contribution in [1.29, 1.82) is 0 Å². The third-order valence-electron chi connectivity index (χ3n) is 2.50. The van der Waals surface area contributed by atoms with Gasteiger partial charge in [-0.05, 0) is 25.5 Å². The summed E-state index contributed by atoms with van der Waals surface area (Å²) >= 11 is 4.88. The van der Waals surface area contributed by atoms with Crippen LogP contribution < -0.4 is 11.1 Å². The van der Waals surface area contributed by atoms with Gasteiger partial charge in [-0.2, -0.15) is 0 Å². The first-order valence-corrected chi connectivity index (χ1v) is 6.25. The molecule has 0 aliphatic carbocycles. The summed E-state index contributed by atoms with van der Waals surface area (Å²) in [6.45, 7) is 3.99. The van der Waals surface area contributed by atoms with Crippen LogP contribution in [-0.4, -0.2) is 23.6 Å². The van der Waals surface area contributed by atoms with Crippen molar-refractivity contribution in [3.05, 3.63) is 29.8 Å². The number of ether oxygens (including phenoxy) is 1. The lowest BCUT2D eigenvalue weighted by atomic mass is 10.2. The minimum absolute atomic E-state index is 0.0479. The van der Waals surface area contributed by atoms with E-state index in [9.17, 15) is 4.79 Å². The first-order chi connectivity index (χ1) is 8.52. The molecule has 0 saturated carbocycles. The van der Waals surface area contributed by atoms with E-state index in [1.54, 1.807) is 24.3 Å². The number of nitrogens with one attached hydrogen (secondary N) is 1. The molecule has 1 amide bonds. The standard InChI is InChI=1S/C13H18N2O2S/c1-3-9(2)17-8-12(16)15-11-6-4-5-10(7-11)13(14)18/h4-7,9H,3,8H2,1-2H3,(H2,14,18)(H,15,16). The van der Waals surface area contributed by atoms with Crippen LogP contribution in [0.4, 0.5) is 5.69 Å². The van der Waals surface area contributed by atoms with Crippen molar-refractivity contribution in [2.75, 3.05) is 11.9 Å². The second kappa shape index (κ2) is 7.08. The zero-order valence-corrected chi connectivity index (χ0v) is 11.4. The number of carbonyl (C=O) groups excluding carboxylic acids is 1. The Hall–Kier alpha value is -1.46. The summed E-state index contributed by atoms with van der Waals surface area (Å²) < 4.78 is 5.34. The molecule has 0 radical (unpaired) electrons. The summed E-state index contributed by atoms with van der Waals surface area (Å²) in [5, 5.41) is 2.74. The molecular weight excluding hydrogens is 248 g/mol. The second-order valence-corrected chi connectivity index (χ2v) is 4.46. The van der Waals surface area contributed by atoms with Gasteiger partial charge in [-0.3, -0.25) is 4.79 Å². The Morgan fingerprint density at radius 3 is 2.89 bits per heavy atom. The third kappa shape index (κ3) is 4.81. The van der Waals surface area contributed by atoms with Crippen LogP contribution in [-0.2, 0) is 9.53 Å². The highest BCUT2D eigenvalue weighted by Gasteiger charge is 2.06. The highest BCUT2D eigenvalue weighted by molar-refractivity contribution is 7.80. The number of hydrogen-bond acceptors (Lipinski definition) is 3. The SMILES string of the molecule is CCC(C)OCC(=O)Nc1cccc(C(N)=S)c1. The maximum absolute atomic E-state index is 11.6. The molecule has 0 aliphatic heterocycles. The summed E-state index contributed by atoms with van der Waals surface area (Å²) in [5.41, 5.74) is 6.92. The maximum Gasteiger partial charge on any atom is 0.250 e. The van der Waals surface area contributed by atoms with E-state index < -0.39 is 0 Å². The van der Waals surface area contributed by atoms with Crippen molar-refractivity contribution < 1.29 is 9.53 Å². The first-order valence-electron chi connectivity index (χ1n) is 5.84. The third-order valence-corrected chi connectivity index (χ3v) is 2.74. The lowest BCUT2D eigenvalue weighted by Crippen LogP contribution is -2.21. The van der Waals surface area contributed by atoms with Gasteiger partial charge < -0.3 is 15.8 Å². The van der Waals surface area contributed by atoms with Crippen LogP contribution >= 0.6 is 12.2 Å². The van der Waals surface area contributed by atoms with Gasteiger partial charge in [-0.1, -0.05) is 31.3 Å². The summed E-state index contributed by atoms with van der Waals surface area (Å²) in [4.78, 5) is 11.9. The van der Waals surface area contributed by atoms with Gasteiger partial charge in [0.05, 0.1) is 6.10 Å². The Morgan fingerprint density at radius 2 is 2.28 bits per heavy atom. The molecule has 1 aromatic rings. The number of benzene rings is 1. The topological polar surface area (TPSA) is 64.3 Å². The number of rotatable bonds is 6. The zero-order chi connectivity index (χ0) is 13.5. The molecule has 0 heterocycles. The van der Waals surface area contributed by atoms with Crippen molar-refractivity contribution in [2.24, 2.45) is 5.73 Å². The number of amides is 1. The lowest BCUT2D eigenvalue weighted by Gasteiger charge is -2.11. The predicted octanol–water partition coefficient (Wildman–Crippen LogP) is 2.07. The largest absolute Gasteiger partial charge is 0.389 e. The van der Waals surface area contributed by atoms with E-state index in [4.69, 9.17) is 22.7 Å². The molecule has 0 bridgehead atoms. The molecule has 4 nitrogen and oxygen atoms in total. The van der Waals surface area contributed by atoms with Gasteiger partial charge in [0.25, 0.3) is 0 Å². The van der Waals surface area contributed by atoms with Gasteiger partial charge in [0.15, 0.2) is 0 Å². The number of thiocarbonyl (C=S) groups is 1. The molecule has 98 valence electrons. The van der Waals surface area contributed by atoms with E-state index >= 15 is 0 Å². The number of hydrogen-bond donors (Lipinski definition) is 2. The summed E-state index contributed by atoms with van der Waals surface area (Å²) in [5.74, 6) is -0.185. The van der Waals surface area contributed by atoms with Gasteiger partial charge in [0, 0.05) is 11.3 Å². The molecule has 0 fully saturated rings. The highest BCUT2D eigenvalue weighted by atomic mass is 32.1. The van der Waals surface area contributed by atoms with Gasteiger partial charge in [0.1, 0.15) is 11.6 Å². The Bertz CT molecular complexity index is 435. The average Bonchev–Trinajstić information content (AvgIpc) is 2.36. The second-order valence-electron chi connectivity index (χ2n) is 4.02. The molecule has 0 spiro atoms. The van der Waals surface area contributed by atoms with Gasteiger partial charge in [-0.15, -0.1) is 0 Å². The minimum Gasteiger partial charge on any atom is -0.389 e. The zero-order valence-electron chi connectivity index (χ0n) is 10.6.